The lowest BCUT2D eigenvalue weighted by Crippen LogP contribution is -2.37. The third-order valence-corrected chi connectivity index (χ3v) is 8.83. The molecule has 0 N–H and O–H groups in total. The van der Waals surface area contributed by atoms with Crippen LogP contribution in [0.5, 0.6) is 0 Å². The monoisotopic (exact) mass is 476 g/mol. The van der Waals surface area contributed by atoms with Crippen molar-refractivity contribution < 1.29 is 17.9 Å². The number of fused-ring (bicyclic) bond motifs is 1. The first-order valence-corrected chi connectivity index (χ1v) is 13.8. The van der Waals surface area contributed by atoms with E-state index in [2.05, 4.69) is 6.07 Å². The molecule has 0 spiro atoms. The molecule has 6 nitrogen and oxygen atoms in total. The minimum absolute atomic E-state index is 0.0230. The van der Waals surface area contributed by atoms with E-state index in [0.717, 1.165) is 28.0 Å². The molecule has 0 radical (unpaired) electrons. The van der Waals surface area contributed by atoms with Crippen LogP contribution in [0, 0.1) is 0 Å². The second kappa shape index (κ2) is 9.28. The Morgan fingerprint density at radius 2 is 2.03 bits per heavy atom. The summed E-state index contributed by atoms with van der Waals surface area (Å²) in [6.07, 6.45) is 3.88. The van der Waals surface area contributed by atoms with Gasteiger partial charge in [-0.25, -0.2) is 13.4 Å². The van der Waals surface area contributed by atoms with Crippen LogP contribution in [-0.4, -0.2) is 50.6 Å². The molecule has 1 unspecified atom stereocenters. The Balaban J connectivity index is 1.68. The lowest BCUT2D eigenvalue weighted by atomic mass is 10.2. The number of anilines is 1. The Hall–Kier alpha value is -1.94. The summed E-state index contributed by atoms with van der Waals surface area (Å²) < 4.78 is 31.0. The molecular formula is C22H24N2O4S3. The Bertz CT molecular complexity index is 1180. The van der Waals surface area contributed by atoms with Crippen molar-refractivity contribution in [1.82, 2.24) is 4.98 Å². The van der Waals surface area contributed by atoms with E-state index < -0.39 is 9.84 Å². The van der Waals surface area contributed by atoms with Gasteiger partial charge in [-0.3, -0.25) is 9.69 Å². The minimum atomic E-state index is -3.31. The molecule has 9 heteroatoms. The van der Waals surface area contributed by atoms with E-state index in [1.54, 1.807) is 35.7 Å². The van der Waals surface area contributed by atoms with Gasteiger partial charge in [0.05, 0.1) is 33.5 Å². The second-order valence-corrected chi connectivity index (χ2v) is 11.5. The Kier molecular flexibility index (Phi) is 6.66. The van der Waals surface area contributed by atoms with Gasteiger partial charge in [0, 0.05) is 17.1 Å². The van der Waals surface area contributed by atoms with E-state index in [4.69, 9.17) is 9.72 Å². The minimum Gasteiger partial charge on any atom is -0.376 e. The molecule has 1 saturated heterocycles. The number of sulfone groups is 1. The lowest BCUT2D eigenvalue weighted by Gasteiger charge is -2.23. The number of carbonyl (C=O) groups is 1. The molecule has 1 atom stereocenters. The van der Waals surface area contributed by atoms with Gasteiger partial charge in [0.1, 0.15) is 0 Å². The highest BCUT2D eigenvalue weighted by Crippen LogP contribution is 2.33. The highest BCUT2D eigenvalue weighted by Gasteiger charge is 2.27. The normalized spacial score (nSPS) is 16.6. The number of nitrogens with zero attached hydrogens (tertiary/aromatic N) is 2. The highest BCUT2D eigenvalue weighted by molar-refractivity contribution is 7.98. The summed E-state index contributed by atoms with van der Waals surface area (Å²) in [5.74, 6) is -0.185. The van der Waals surface area contributed by atoms with Crippen molar-refractivity contribution in [2.24, 2.45) is 0 Å². The van der Waals surface area contributed by atoms with E-state index in [1.807, 2.05) is 18.4 Å². The second-order valence-electron chi connectivity index (χ2n) is 7.31. The Labute approximate surface area is 190 Å². The van der Waals surface area contributed by atoms with Crippen LogP contribution in [0.1, 0.15) is 30.1 Å². The van der Waals surface area contributed by atoms with E-state index in [0.29, 0.717) is 23.8 Å². The quantitative estimate of drug-likeness (QED) is 0.463. The number of carbonyl (C=O) groups excluding carboxylic acids is 1. The number of benzene rings is 2. The highest BCUT2D eigenvalue weighted by atomic mass is 32.2. The molecule has 1 fully saturated rings. The van der Waals surface area contributed by atoms with Gasteiger partial charge in [-0.15, -0.1) is 11.8 Å². The topological polar surface area (TPSA) is 76.6 Å². The van der Waals surface area contributed by atoms with E-state index in [-0.39, 0.29) is 22.7 Å². The molecule has 0 bridgehead atoms. The van der Waals surface area contributed by atoms with Gasteiger partial charge in [0.25, 0.3) is 5.91 Å². The molecule has 31 heavy (non-hydrogen) atoms. The average molecular weight is 477 g/mol. The van der Waals surface area contributed by atoms with Crippen molar-refractivity contribution in [2.45, 2.75) is 35.7 Å². The first-order valence-electron chi connectivity index (χ1n) is 10.1. The molecular weight excluding hydrogens is 452 g/mol. The van der Waals surface area contributed by atoms with Crippen molar-refractivity contribution in [3.63, 3.8) is 0 Å². The van der Waals surface area contributed by atoms with Crippen LogP contribution in [0.25, 0.3) is 10.2 Å². The number of amides is 1. The molecule has 1 aliphatic heterocycles. The lowest BCUT2D eigenvalue weighted by molar-refractivity contribution is 0.0917. The molecule has 4 rings (SSSR count). The molecule has 2 heterocycles. The van der Waals surface area contributed by atoms with Crippen LogP contribution in [-0.2, 0) is 14.6 Å². The maximum atomic E-state index is 13.4. The van der Waals surface area contributed by atoms with Crippen molar-refractivity contribution in [3.8, 4) is 0 Å². The van der Waals surface area contributed by atoms with Gasteiger partial charge in [-0.1, -0.05) is 18.3 Å². The third-order valence-electron chi connectivity index (χ3n) is 5.31. The summed E-state index contributed by atoms with van der Waals surface area (Å²) in [6.45, 7) is 2.73. The fourth-order valence-electron chi connectivity index (χ4n) is 3.50. The van der Waals surface area contributed by atoms with E-state index in [1.165, 1.54) is 23.5 Å². The van der Waals surface area contributed by atoms with Crippen LogP contribution >= 0.6 is 23.1 Å². The van der Waals surface area contributed by atoms with Crippen LogP contribution in [0.2, 0.25) is 0 Å². The molecule has 0 aliphatic carbocycles. The first-order chi connectivity index (χ1) is 14.9. The zero-order valence-electron chi connectivity index (χ0n) is 17.4. The third kappa shape index (κ3) is 4.79. The average Bonchev–Trinajstić information content (AvgIpc) is 3.46. The smallest absolute Gasteiger partial charge is 0.260 e. The van der Waals surface area contributed by atoms with Crippen LogP contribution < -0.4 is 4.90 Å². The molecule has 3 aromatic rings. The Morgan fingerprint density at radius 1 is 1.26 bits per heavy atom. The zero-order valence-corrected chi connectivity index (χ0v) is 19.9. The van der Waals surface area contributed by atoms with Gasteiger partial charge in [0.15, 0.2) is 15.0 Å². The molecule has 1 aromatic heterocycles. The summed E-state index contributed by atoms with van der Waals surface area (Å²) in [4.78, 5) is 21.2. The van der Waals surface area contributed by atoms with E-state index in [9.17, 15) is 13.2 Å². The fraction of sp³-hybridized carbons (Fsp3) is 0.364. The SMILES string of the molecule is CCS(=O)(=O)c1ccc(C(=O)N(CC2CCCO2)c2nc3ccc(SC)cc3s2)cc1. The standard InChI is InChI=1S/C22H24N2O4S3/c1-3-31(26,27)18-9-6-15(7-10-18)21(25)24(14-16-5-4-12-28-16)22-23-19-11-8-17(29-2)13-20(19)30-22/h6-11,13,16H,3-5,12,14H2,1-2H3. The van der Waals surface area contributed by atoms with Crippen LogP contribution in [0.4, 0.5) is 5.13 Å². The van der Waals surface area contributed by atoms with Gasteiger partial charge in [0.2, 0.25) is 0 Å². The van der Waals surface area contributed by atoms with Gasteiger partial charge in [-0.2, -0.15) is 0 Å². The summed E-state index contributed by atoms with van der Waals surface area (Å²) >= 11 is 3.15. The molecule has 2 aromatic carbocycles. The number of rotatable bonds is 7. The van der Waals surface area contributed by atoms with Crippen LogP contribution in [0.3, 0.4) is 0 Å². The number of thioether (sulfide) groups is 1. The van der Waals surface area contributed by atoms with Crippen molar-refractivity contribution in [1.29, 1.82) is 0 Å². The van der Waals surface area contributed by atoms with Crippen molar-refractivity contribution in [3.05, 3.63) is 48.0 Å². The number of ether oxygens (including phenoxy) is 1. The summed E-state index contributed by atoms with van der Waals surface area (Å²) in [5.41, 5.74) is 1.28. The summed E-state index contributed by atoms with van der Waals surface area (Å²) in [6, 6.07) is 12.2. The number of hydrogen-bond acceptors (Lipinski definition) is 7. The predicted octanol–water partition coefficient (Wildman–Crippen LogP) is 4.64. The Morgan fingerprint density at radius 3 is 2.68 bits per heavy atom. The van der Waals surface area contributed by atoms with Gasteiger partial charge >= 0.3 is 0 Å². The van der Waals surface area contributed by atoms with Crippen molar-refractivity contribution in [2.75, 3.05) is 30.1 Å². The molecule has 1 aliphatic rings. The molecule has 0 saturated carbocycles. The maximum Gasteiger partial charge on any atom is 0.260 e. The zero-order chi connectivity index (χ0) is 22.0. The maximum absolute atomic E-state index is 13.4. The van der Waals surface area contributed by atoms with Crippen molar-refractivity contribution >= 4 is 54.2 Å². The fourth-order valence-corrected chi connectivity index (χ4v) is 5.91. The summed E-state index contributed by atoms with van der Waals surface area (Å²) in [7, 11) is -3.31. The van der Waals surface area contributed by atoms with E-state index >= 15 is 0 Å². The predicted molar refractivity (Wildman–Crippen MR) is 126 cm³/mol. The molecule has 164 valence electrons. The summed E-state index contributed by atoms with van der Waals surface area (Å²) in [5, 5.41) is 0.624. The van der Waals surface area contributed by atoms with Crippen LogP contribution in [0.15, 0.2) is 52.3 Å². The number of hydrogen-bond donors (Lipinski definition) is 0. The largest absolute Gasteiger partial charge is 0.376 e. The first kappa shape index (κ1) is 22.3. The van der Waals surface area contributed by atoms with Gasteiger partial charge in [-0.05, 0) is 61.6 Å². The number of aromatic nitrogens is 1. The molecule has 1 amide bonds. The van der Waals surface area contributed by atoms with Gasteiger partial charge < -0.3 is 4.74 Å². The number of thiazole rings is 1.